The van der Waals surface area contributed by atoms with Gasteiger partial charge in [0.1, 0.15) is 5.75 Å². The third kappa shape index (κ3) is 3.77. The smallest absolute Gasteiger partial charge is 0.119 e. The van der Waals surface area contributed by atoms with Gasteiger partial charge in [0.2, 0.25) is 0 Å². The minimum Gasteiger partial charge on any atom is -0.493 e. The molecule has 0 fully saturated rings. The van der Waals surface area contributed by atoms with Crippen LogP contribution in [0.25, 0.3) is 11.0 Å². The zero-order chi connectivity index (χ0) is 15.2. The van der Waals surface area contributed by atoms with Crippen LogP contribution < -0.4 is 4.74 Å². The van der Waals surface area contributed by atoms with Crippen LogP contribution >= 0.6 is 11.8 Å². The molecule has 0 aliphatic heterocycles. The number of fused-ring (bicyclic) bond motifs is 1. The Hall–Kier alpha value is -2.07. The van der Waals surface area contributed by atoms with E-state index in [2.05, 4.69) is 4.98 Å². The zero-order valence-electron chi connectivity index (χ0n) is 12.5. The summed E-state index contributed by atoms with van der Waals surface area (Å²) in [5.41, 5.74) is 3.99. The van der Waals surface area contributed by atoms with Gasteiger partial charge >= 0.3 is 0 Å². The lowest BCUT2D eigenvalue weighted by Gasteiger charge is -2.07. The predicted molar refractivity (Wildman–Crippen MR) is 92.4 cm³/mol. The Bertz CT molecular complexity index is 746. The van der Waals surface area contributed by atoms with E-state index in [4.69, 9.17) is 9.72 Å². The first-order chi connectivity index (χ1) is 10.8. The van der Waals surface area contributed by atoms with Crippen LogP contribution in [0, 0.1) is 6.92 Å². The Morgan fingerprint density at radius 2 is 1.59 bits per heavy atom. The number of aryl methyl sites for hydroxylation is 1. The molecule has 3 aromatic rings. The molecular weight excluding hydrogens is 292 g/mol. The van der Waals surface area contributed by atoms with Crippen molar-refractivity contribution in [3.8, 4) is 5.75 Å². The Labute approximate surface area is 134 Å². The molecule has 3 nitrogen and oxygen atoms in total. The van der Waals surface area contributed by atoms with Gasteiger partial charge in [-0.15, -0.1) is 0 Å². The molecule has 0 atom stereocenters. The predicted octanol–water partition coefficient (Wildman–Crippen LogP) is 4.25. The van der Waals surface area contributed by atoms with E-state index in [0.717, 1.165) is 39.7 Å². The SMILES string of the molecule is Cc1nc2ccccc2nc1CSCCOc1ccccc1. The summed E-state index contributed by atoms with van der Waals surface area (Å²) in [6.07, 6.45) is 0. The summed E-state index contributed by atoms with van der Waals surface area (Å²) >= 11 is 1.82. The van der Waals surface area contributed by atoms with Crippen molar-refractivity contribution >= 4 is 22.8 Å². The number of thioether (sulfide) groups is 1. The largest absolute Gasteiger partial charge is 0.493 e. The van der Waals surface area contributed by atoms with Crippen LogP contribution in [0.15, 0.2) is 54.6 Å². The second-order valence-electron chi connectivity index (χ2n) is 4.96. The van der Waals surface area contributed by atoms with Crippen molar-refractivity contribution in [2.45, 2.75) is 12.7 Å². The average molecular weight is 310 g/mol. The van der Waals surface area contributed by atoms with E-state index in [-0.39, 0.29) is 0 Å². The van der Waals surface area contributed by atoms with Crippen LogP contribution in [0.3, 0.4) is 0 Å². The summed E-state index contributed by atoms with van der Waals surface area (Å²) in [5.74, 6) is 2.72. The van der Waals surface area contributed by atoms with E-state index in [9.17, 15) is 0 Å². The highest BCUT2D eigenvalue weighted by Gasteiger charge is 2.05. The molecule has 22 heavy (non-hydrogen) atoms. The topological polar surface area (TPSA) is 35.0 Å². The van der Waals surface area contributed by atoms with Gasteiger partial charge in [-0.05, 0) is 31.2 Å². The molecule has 0 amide bonds. The first kappa shape index (κ1) is 14.9. The molecule has 0 aliphatic rings. The molecule has 0 saturated heterocycles. The van der Waals surface area contributed by atoms with Gasteiger partial charge in [-0.3, -0.25) is 0 Å². The van der Waals surface area contributed by atoms with Gasteiger partial charge in [0, 0.05) is 11.5 Å². The first-order valence-electron chi connectivity index (χ1n) is 7.31. The number of hydrogen-bond acceptors (Lipinski definition) is 4. The molecule has 3 rings (SSSR count). The zero-order valence-corrected chi connectivity index (χ0v) is 13.3. The highest BCUT2D eigenvalue weighted by Crippen LogP contribution is 2.17. The Balaban J connectivity index is 1.52. The van der Waals surface area contributed by atoms with E-state index in [1.54, 1.807) is 0 Å². The van der Waals surface area contributed by atoms with E-state index in [1.165, 1.54) is 0 Å². The van der Waals surface area contributed by atoms with Crippen molar-refractivity contribution in [3.63, 3.8) is 0 Å². The standard InChI is InChI=1S/C18H18N2OS/c1-14-18(20-17-10-6-5-9-16(17)19-14)13-22-12-11-21-15-7-3-2-4-8-15/h2-10H,11-13H2,1H3. The second kappa shape index (κ2) is 7.27. The molecule has 0 radical (unpaired) electrons. The molecule has 0 N–H and O–H groups in total. The molecule has 1 aromatic heterocycles. The van der Waals surface area contributed by atoms with Gasteiger partial charge in [0.15, 0.2) is 0 Å². The van der Waals surface area contributed by atoms with E-state index >= 15 is 0 Å². The van der Waals surface area contributed by atoms with Crippen molar-refractivity contribution in [3.05, 3.63) is 66.0 Å². The van der Waals surface area contributed by atoms with Crippen molar-refractivity contribution < 1.29 is 4.74 Å². The summed E-state index contributed by atoms with van der Waals surface area (Å²) in [4.78, 5) is 9.32. The number of rotatable bonds is 6. The van der Waals surface area contributed by atoms with Crippen LogP contribution in [-0.2, 0) is 5.75 Å². The van der Waals surface area contributed by atoms with Crippen molar-refractivity contribution in [2.24, 2.45) is 0 Å². The lowest BCUT2D eigenvalue weighted by atomic mass is 10.2. The maximum atomic E-state index is 5.69. The van der Waals surface area contributed by atoms with Crippen molar-refractivity contribution in [1.82, 2.24) is 9.97 Å². The van der Waals surface area contributed by atoms with Gasteiger partial charge in [-0.25, -0.2) is 9.97 Å². The number of aromatic nitrogens is 2. The Morgan fingerprint density at radius 3 is 2.36 bits per heavy atom. The number of hydrogen-bond donors (Lipinski definition) is 0. The second-order valence-corrected chi connectivity index (χ2v) is 6.06. The van der Waals surface area contributed by atoms with E-state index in [0.29, 0.717) is 6.61 Å². The minimum absolute atomic E-state index is 0.703. The monoisotopic (exact) mass is 310 g/mol. The molecule has 4 heteroatoms. The van der Waals surface area contributed by atoms with Gasteiger partial charge in [-0.1, -0.05) is 30.3 Å². The summed E-state index contributed by atoms with van der Waals surface area (Å²) < 4.78 is 5.69. The summed E-state index contributed by atoms with van der Waals surface area (Å²) in [6, 6.07) is 17.9. The summed E-state index contributed by atoms with van der Waals surface area (Å²) in [7, 11) is 0. The fourth-order valence-corrected chi connectivity index (χ4v) is 2.98. The number of ether oxygens (including phenoxy) is 1. The Kier molecular flexibility index (Phi) is 4.91. The molecule has 0 aliphatic carbocycles. The summed E-state index contributed by atoms with van der Waals surface area (Å²) in [5, 5.41) is 0. The van der Waals surface area contributed by atoms with Crippen LogP contribution in [0.1, 0.15) is 11.4 Å². The normalized spacial score (nSPS) is 10.8. The molecule has 0 saturated carbocycles. The third-order valence-electron chi connectivity index (χ3n) is 3.32. The molecule has 112 valence electrons. The van der Waals surface area contributed by atoms with E-state index < -0.39 is 0 Å². The first-order valence-corrected chi connectivity index (χ1v) is 8.46. The summed E-state index contributed by atoms with van der Waals surface area (Å²) in [6.45, 7) is 2.73. The van der Waals surface area contributed by atoms with E-state index in [1.807, 2.05) is 73.3 Å². The quantitative estimate of drug-likeness (QED) is 0.638. The fourth-order valence-electron chi connectivity index (χ4n) is 2.17. The molecule has 0 bridgehead atoms. The van der Waals surface area contributed by atoms with Crippen LogP contribution in [0.5, 0.6) is 5.75 Å². The Morgan fingerprint density at radius 1 is 0.909 bits per heavy atom. The fraction of sp³-hybridized carbons (Fsp3) is 0.222. The maximum absolute atomic E-state index is 5.69. The van der Waals surface area contributed by atoms with Crippen LogP contribution in [0.4, 0.5) is 0 Å². The van der Waals surface area contributed by atoms with Crippen molar-refractivity contribution in [2.75, 3.05) is 12.4 Å². The molecule has 0 unspecified atom stereocenters. The highest BCUT2D eigenvalue weighted by molar-refractivity contribution is 7.98. The lowest BCUT2D eigenvalue weighted by molar-refractivity contribution is 0.344. The maximum Gasteiger partial charge on any atom is 0.119 e. The van der Waals surface area contributed by atoms with Crippen LogP contribution in [-0.4, -0.2) is 22.3 Å². The van der Waals surface area contributed by atoms with Crippen LogP contribution in [0.2, 0.25) is 0 Å². The highest BCUT2D eigenvalue weighted by atomic mass is 32.2. The van der Waals surface area contributed by atoms with Gasteiger partial charge in [0.25, 0.3) is 0 Å². The molecule has 0 spiro atoms. The lowest BCUT2D eigenvalue weighted by Crippen LogP contribution is -2.02. The molecule has 1 heterocycles. The molecule has 2 aromatic carbocycles. The molecular formula is C18H18N2OS. The van der Waals surface area contributed by atoms with Gasteiger partial charge < -0.3 is 4.74 Å². The van der Waals surface area contributed by atoms with Crippen molar-refractivity contribution in [1.29, 1.82) is 0 Å². The van der Waals surface area contributed by atoms with Gasteiger partial charge in [0.05, 0.1) is 29.0 Å². The number of para-hydroxylation sites is 3. The number of nitrogens with zero attached hydrogens (tertiary/aromatic N) is 2. The average Bonchev–Trinajstić information content (AvgIpc) is 2.56. The third-order valence-corrected chi connectivity index (χ3v) is 4.25. The van der Waals surface area contributed by atoms with Gasteiger partial charge in [-0.2, -0.15) is 11.8 Å². The minimum atomic E-state index is 0.703. The number of benzene rings is 2.